The Bertz CT molecular complexity index is 589. The first-order chi connectivity index (χ1) is 9.02. The number of carbonyl (C=O) groups excluding carboxylic acids is 1. The lowest BCUT2D eigenvalue weighted by Crippen LogP contribution is -1.96. The van der Waals surface area contributed by atoms with E-state index in [1.807, 2.05) is 45.0 Å². The monoisotopic (exact) mass is 256 g/mol. The molecule has 0 spiro atoms. The molecule has 0 bridgehead atoms. The van der Waals surface area contributed by atoms with Crippen molar-refractivity contribution in [3.8, 4) is 11.1 Å². The Balaban J connectivity index is 2.46. The van der Waals surface area contributed by atoms with E-state index in [1.54, 1.807) is 0 Å². The highest BCUT2D eigenvalue weighted by molar-refractivity contribution is 5.96. The van der Waals surface area contributed by atoms with Crippen LogP contribution in [0.3, 0.4) is 0 Å². The van der Waals surface area contributed by atoms with E-state index in [0.717, 1.165) is 27.8 Å². The number of aryl methyl sites for hydroxylation is 2. The van der Waals surface area contributed by atoms with Crippen LogP contribution in [0.15, 0.2) is 36.4 Å². The number of rotatable bonds is 3. The highest BCUT2D eigenvalue weighted by Gasteiger charge is 2.09. The number of ketones is 1. The van der Waals surface area contributed by atoms with Gasteiger partial charge in [-0.1, -0.05) is 31.2 Å². The molecule has 19 heavy (non-hydrogen) atoms. The number of halogens is 1. The molecule has 2 aromatic carbocycles. The largest absolute Gasteiger partial charge is 0.294 e. The van der Waals surface area contributed by atoms with E-state index in [2.05, 4.69) is 0 Å². The van der Waals surface area contributed by atoms with Crippen LogP contribution in [0.4, 0.5) is 4.39 Å². The van der Waals surface area contributed by atoms with Crippen LogP contribution < -0.4 is 0 Å². The van der Waals surface area contributed by atoms with Crippen LogP contribution >= 0.6 is 0 Å². The minimum atomic E-state index is -0.212. The van der Waals surface area contributed by atoms with Crippen LogP contribution in [0.1, 0.15) is 34.8 Å². The Labute approximate surface area is 113 Å². The van der Waals surface area contributed by atoms with Gasteiger partial charge in [-0.15, -0.1) is 0 Å². The lowest BCUT2D eigenvalue weighted by Gasteiger charge is -2.11. The molecule has 0 saturated heterocycles. The van der Waals surface area contributed by atoms with Crippen LogP contribution in [-0.2, 0) is 0 Å². The number of carbonyl (C=O) groups is 1. The van der Waals surface area contributed by atoms with Gasteiger partial charge < -0.3 is 0 Å². The predicted octanol–water partition coefficient (Wildman–Crippen LogP) is 4.70. The SMILES string of the molecule is CCC(=O)c1ccc(-c2c(C)cc(F)cc2C)cc1. The highest BCUT2D eigenvalue weighted by atomic mass is 19.1. The van der Waals surface area contributed by atoms with E-state index >= 15 is 0 Å². The molecule has 0 N–H and O–H groups in total. The quantitative estimate of drug-likeness (QED) is 0.727. The second-order valence-corrected chi connectivity index (χ2v) is 4.77. The zero-order valence-electron chi connectivity index (χ0n) is 11.5. The van der Waals surface area contributed by atoms with Gasteiger partial charge in [0, 0.05) is 12.0 Å². The number of hydrogen-bond donors (Lipinski definition) is 0. The van der Waals surface area contributed by atoms with E-state index in [0.29, 0.717) is 6.42 Å². The molecule has 0 heterocycles. The molecule has 0 saturated carbocycles. The molecule has 0 fully saturated rings. The van der Waals surface area contributed by atoms with Crippen molar-refractivity contribution < 1.29 is 9.18 Å². The van der Waals surface area contributed by atoms with E-state index in [4.69, 9.17) is 0 Å². The van der Waals surface area contributed by atoms with Gasteiger partial charge in [-0.2, -0.15) is 0 Å². The molecule has 0 aliphatic carbocycles. The summed E-state index contributed by atoms with van der Waals surface area (Å²) in [4.78, 5) is 11.6. The van der Waals surface area contributed by atoms with Crippen molar-refractivity contribution in [1.82, 2.24) is 0 Å². The Morgan fingerprint density at radius 3 is 2.05 bits per heavy atom. The summed E-state index contributed by atoms with van der Waals surface area (Å²) in [7, 11) is 0. The molecule has 0 aromatic heterocycles. The van der Waals surface area contributed by atoms with Crippen LogP contribution in [-0.4, -0.2) is 5.78 Å². The Morgan fingerprint density at radius 1 is 1.05 bits per heavy atom. The van der Waals surface area contributed by atoms with Gasteiger partial charge >= 0.3 is 0 Å². The van der Waals surface area contributed by atoms with E-state index in [1.165, 1.54) is 12.1 Å². The summed E-state index contributed by atoms with van der Waals surface area (Å²) in [6.45, 7) is 5.65. The fraction of sp³-hybridized carbons (Fsp3) is 0.235. The van der Waals surface area contributed by atoms with Gasteiger partial charge in [0.25, 0.3) is 0 Å². The average Bonchev–Trinajstić information content (AvgIpc) is 2.37. The second-order valence-electron chi connectivity index (χ2n) is 4.77. The Hall–Kier alpha value is -1.96. The van der Waals surface area contributed by atoms with Gasteiger partial charge in [-0.3, -0.25) is 4.79 Å². The van der Waals surface area contributed by atoms with Crippen molar-refractivity contribution in [2.75, 3.05) is 0 Å². The van der Waals surface area contributed by atoms with Gasteiger partial charge in [0.05, 0.1) is 0 Å². The van der Waals surface area contributed by atoms with Crippen LogP contribution in [0.2, 0.25) is 0 Å². The third-order valence-corrected chi connectivity index (χ3v) is 3.31. The van der Waals surface area contributed by atoms with Crippen LogP contribution in [0.25, 0.3) is 11.1 Å². The molecule has 2 heteroatoms. The normalized spacial score (nSPS) is 10.5. The number of hydrogen-bond acceptors (Lipinski definition) is 1. The van der Waals surface area contributed by atoms with Gasteiger partial charge in [-0.25, -0.2) is 4.39 Å². The molecule has 2 rings (SSSR count). The summed E-state index contributed by atoms with van der Waals surface area (Å²) < 4.78 is 13.3. The molecule has 0 aliphatic rings. The lowest BCUT2D eigenvalue weighted by atomic mass is 9.94. The minimum Gasteiger partial charge on any atom is -0.294 e. The summed E-state index contributed by atoms with van der Waals surface area (Å²) in [5.41, 5.74) is 4.60. The average molecular weight is 256 g/mol. The van der Waals surface area contributed by atoms with Crippen molar-refractivity contribution in [3.05, 3.63) is 58.9 Å². The minimum absolute atomic E-state index is 0.138. The zero-order chi connectivity index (χ0) is 14.0. The topological polar surface area (TPSA) is 17.1 Å². The van der Waals surface area contributed by atoms with E-state index in [9.17, 15) is 9.18 Å². The van der Waals surface area contributed by atoms with Crippen molar-refractivity contribution in [2.24, 2.45) is 0 Å². The van der Waals surface area contributed by atoms with Gasteiger partial charge in [-0.05, 0) is 48.2 Å². The molecule has 0 amide bonds. The first kappa shape index (κ1) is 13.5. The van der Waals surface area contributed by atoms with Gasteiger partial charge in [0.2, 0.25) is 0 Å². The van der Waals surface area contributed by atoms with Crippen LogP contribution in [0, 0.1) is 19.7 Å². The molecule has 0 radical (unpaired) electrons. The number of Topliss-reactive ketones (excluding diaryl/α,β-unsaturated/α-hetero) is 1. The summed E-state index contributed by atoms with van der Waals surface area (Å²) in [5.74, 6) is -0.0735. The first-order valence-corrected chi connectivity index (χ1v) is 6.43. The molecular formula is C17H17FO. The third-order valence-electron chi connectivity index (χ3n) is 3.31. The van der Waals surface area contributed by atoms with E-state index < -0.39 is 0 Å². The van der Waals surface area contributed by atoms with Gasteiger partial charge in [0.15, 0.2) is 5.78 Å². The molecule has 1 nitrogen and oxygen atoms in total. The second kappa shape index (κ2) is 5.35. The predicted molar refractivity (Wildman–Crippen MR) is 75.9 cm³/mol. The molecule has 2 aromatic rings. The summed E-state index contributed by atoms with van der Waals surface area (Å²) in [5, 5.41) is 0. The third kappa shape index (κ3) is 2.73. The summed E-state index contributed by atoms with van der Waals surface area (Å²) in [6, 6.07) is 10.6. The Kier molecular flexibility index (Phi) is 3.79. The fourth-order valence-electron chi connectivity index (χ4n) is 2.39. The molecule has 0 aliphatic heterocycles. The zero-order valence-corrected chi connectivity index (χ0v) is 11.5. The maximum atomic E-state index is 13.3. The van der Waals surface area contributed by atoms with Crippen molar-refractivity contribution in [3.63, 3.8) is 0 Å². The van der Waals surface area contributed by atoms with Crippen molar-refractivity contribution >= 4 is 5.78 Å². The first-order valence-electron chi connectivity index (χ1n) is 6.43. The molecule has 98 valence electrons. The highest BCUT2D eigenvalue weighted by Crippen LogP contribution is 2.28. The molecular weight excluding hydrogens is 239 g/mol. The van der Waals surface area contributed by atoms with Crippen molar-refractivity contribution in [2.45, 2.75) is 27.2 Å². The maximum absolute atomic E-state index is 13.3. The van der Waals surface area contributed by atoms with Crippen LogP contribution in [0.5, 0.6) is 0 Å². The summed E-state index contributed by atoms with van der Waals surface area (Å²) in [6.07, 6.45) is 0.508. The maximum Gasteiger partial charge on any atom is 0.162 e. The summed E-state index contributed by atoms with van der Waals surface area (Å²) >= 11 is 0. The van der Waals surface area contributed by atoms with E-state index in [-0.39, 0.29) is 11.6 Å². The van der Waals surface area contributed by atoms with Crippen molar-refractivity contribution in [1.29, 1.82) is 0 Å². The standard InChI is InChI=1S/C17H17FO/c1-4-16(19)13-5-7-14(8-6-13)17-11(2)9-15(18)10-12(17)3/h5-10H,4H2,1-3H3. The molecule has 0 unspecified atom stereocenters. The fourth-order valence-corrected chi connectivity index (χ4v) is 2.39. The number of benzene rings is 2. The Morgan fingerprint density at radius 2 is 1.58 bits per heavy atom. The smallest absolute Gasteiger partial charge is 0.162 e. The lowest BCUT2D eigenvalue weighted by molar-refractivity contribution is 0.0988. The van der Waals surface area contributed by atoms with Gasteiger partial charge in [0.1, 0.15) is 5.82 Å². The molecule has 0 atom stereocenters.